The first-order valence-corrected chi connectivity index (χ1v) is 7.11. The largest absolute Gasteiger partial charge is 0.322 e. The minimum Gasteiger partial charge on any atom is -0.322 e. The van der Waals surface area contributed by atoms with Crippen LogP contribution in [0.4, 0.5) is 8.78 Å². The van der Waals surface area contributed by atoms with E-state index in [0.717, 1.165) is 16.7 Å². The topological polar surface area (TPSA) is 84.7 Å². The van der Waals surface area contributed by atoms with Crippen LogP contribution in [0, 0.1) is 23.0 Å². The van der Waals surface area contributed by atoms with E-state index in [1.165, 1.54) is 6.07 Å². The molecule has 0 spiro atoms. The predicted octanol–water partition coefficient (Wildman–Crippen LogP) is 2.56. The van der Waals surface area contributed by atoms with Crippen molar-refractivity contribution in [1.82, 2.24) is 9.55 Å². The number of nitrogens with two attached hydrogens (primary N) is 1. The summed E-state index contributed by atoms with van der Waals surface area (Å²) in [4.78, 5) is 16.9. The Hall–Kier alpha value is -3.11. The van der Waals surface area contributed by atoms with Crippen LogP contribution in [0.1, 0.15) is 24.4 Å². The van der Waals surface area contributed by atoms with Crippen molar-refractivity contribution in [2.75, 3.05) is 0 Å². The molecule has 1 atom stereocenters. The molecule has 3 aromatic rings. The zero-order chi connectivity index (χ0) is 17.4. The van der Waals surface area contributed by atoms with Crippen LogP contribution in [0.15, 0.2) is 41.2 Å². The van der Waals surface area contributed by atoms with Crippen molar-refractivity contribution in [3.63, 3.8) is 0 Å². The highest BCUT2D eigenvalue weighted by Gasteiger charge is 2.20. The molecule has 1 aromatic heterocycles. The molecule has 120 valence electrons. The summed E-state index contributed by atoms with van der Waals surface area (Å²) >= 11 is 0. The van der Waals surface area contributed by atoms with E-state index in [-0.39, 0.29) is 11.3 Å². The minimum atomic E-state index is -0.870. The minimum absolute atomic E-state index is 0.0760. The van der Waals surface area contributed by atoms with E-state index in [1.54, 1.807) is 25.1 Å². The van der Waals surface area contributed by atoms with Gasteiger partial charge in [0.15, 0.2) is 0 Å². The number of nitriles is 1. The second-order valence-electron chi connectivity index (χ2n) is 5.31. The second kappa shape index (κ2) is 5.83. The molecule has 7 heteroatoms. The van der Waals surface area contributed by atoms with Crippen molar-refractivity contribution in [3.8, 4) is 11.8 Å². The van der Waals surface area contributed by atoms with Gasteiger partial charge in [-0.1, -0.05) is 6.07 Å². The van der Waals surface area contributed by atoms with Crippen LogP contribution in [0.5, 0.6) is 0 Å². The SMILES string of the molecule is CC(N)c1nc2c(F)ccc(F)c2c(=O)n1-c1cccc(C#N)c1. The van der Waals surface area contributed by atoms with Crippen LogP contribution >= 0.6 is 0 Å². The van der Waals surface area contributed by atoms with E-state index in [9.17, 15) is 13.6 Å². The average Bonchev–Trinajstić information content (AvgIpc) is 2.57. The molecule has 2 N–H and O–H groups in total. The van der Waals surface area contributed by atoms with Crippen molar-refractivity contribution >= 4 is 10.9 Å². The smallest absolute Gasteiger partial charge is 0.269 e. The maximum atomic E-state index is 14.1. The van der Waals surface area contributed by atoms with E-state index in [1.807, 2.05) is 6.07 Å². The van der Waals surface area contributed by atoms with E-state index in [0.29, 0.717) is 11.3 Å². The van der Waals surface area contributed by atoms with Crippen LogP contribution < -0.4 is 11.3 Å². The van der Waals surface area contributed by atoms with Crippen LogP contribution in [0.3, 0.4) is 0 Å². The van der Waals surface area contributed by atoms with Crippen LogP contribution in [0.25, 0.3) is 16.6 Å². The zero-order valence-corrected chi connectivity index (χ0v) is 12.6. The highest BCUT2D eigenvalue weighted by molar-refractivity contribution is 5.79. The van der Waals surface area contributed by atoms with Crippen molar-refractivity contribution < 1.29 is 8.78 Å². The molecule has 0 saturated heterocycles. The number of hydrogen-bond acceptors (Lipinski definition) is 4. The van der Waals surface area contributed by atoms with Gasteiger partial charge in [0.2, 0.25) is 0 Å². The molecular formula is C17H12F2N4O. The Bertz CT molecular complexity index is 1050. The lowest BCUT2D eigenvalue weighted by Gasteiger charge is -2.16. The summed E-state index contributed by atoms with van der Waals surface area (Å²) in [5.41, 5.74) is 5.35. The maximum absolute atomic E-state index is 14.1. The molecule has 0 amide bonds. The van der Waals surface area contributed by atoms with Gasteiger partial charge in [-0.2, -0.15) is 5.26 Å². The van der Waals surface area contributed by atoms with Gasteiger partial charge >= 0.3 is 0 Å². The molecule has 1 unspecified atom stereocenters. The van der Waals surface area contributed by atoms with Gasteiger partial charge in [0.25, 0.3) is 5.56 Å². The number of benzene rings is 2. The Morgan fingerprint density at radius 1 is 1.25 bits per heavy atom. The van der Waals surface area contributed by atoms with Gasteiger partial charge in [0.1, 0.15) is 28.4 Å². The summed E-state index contributed by atoms with van der Waals surface area (Å²) in [6.07, 6.45) is 0. The molecule has 0 radical (unpaired) electrons. The normalized spacial score (nSPS) is 12.1. The van der Waals surface area contributed by atoms with Crippen molar-refractivity contribution in [2.45, 2.75) is 13.0 Å². The highest BCUT2D eigenvalue weighted by Crippen LogP contribution is 2.21. The predicted molar refractivity (Wildman–Crippen MR) is 84.6 cm³/mol. The molecule has 2 aromatic carbocycles. The molecule has 5 nitrogen and oxygen atoms in total. The third kappa shape index (κ3) is 2.43. The lowest BCUT2D eigenvalue weighted by atomic mass is 10.1. The quantitative estimate of drug-likeness (QED) is 0.784. The van der Waals surface area contributed by atoms with E-state index in [2.05, 4.69) is 4.98 Å². The first-order valence-electron chi connectivity index (χ1n) is 7.11. The average molecular weight is 326 g/mol. The number of rotatable bonds is 2. The lowest BCUT2D eigenvalue weighted by molar-refractivity contribution is 0.607. The van der Waals surface area contributed by atoms with Gasteiger partial charge < -0.3 is 5.73 Å². The number of halogens is 2. The molecular weight excluding hydrogens is 314 g/mol. The van der Waals surface area contributed by atoms with Gasteiger partial charge in [0.05, 0.1) is 23.4 Å². The standard InChI is InChI=1S/C17H12F2N4O/c1-9(21)16-22-15-13(19)6-5-12(18)14(15)17(24)23(16)11-4-2-3-10(7-11)8-20/h2-7,9H,21H2,1H3. The van der Waals surface area contributed by atoms with E-state index >= 15 is 0 Å². The molecule has 24 heavy (non-hydrogen) atoms. The molecule has 3 rings (SSSR count). The van der Waals surface area contributed by atoms with Gasteiger partial charge in [-0.15, -0.1) is 0 Å². The lowest BCUT2D eigenvalue weighted by Crippen LogP contribution is -2.28. The van der Waals surface area contributed by atoms with Gasteiger partial charge in [-0.3, -0.25) is 9.36 Å². The molecule has 0 saturated carbocycles. The van der Waals surface area contributed by atoms with Crippen molar-refractivity contribution in [3.05, 3.63) is 69.8 Å². The fourth-order valence-electron chi connectivity index (χ4n) is 2.50. The van der Waals surface area contributed by atoms with E-state index in [4.69, 9.17) is 11.0 Å². The summed E-state index contributed by atoms with van der Waals surface area (Å²) in [7, 11) is 0. The molecule has 0 bridgehead atoms. The Morgan fingerprint density at radius 3 is 2.62 bits per heavy atom. The van der Waals surface area contributed by atoms with Gasteiger partial charge in [0, 0.05) is 0 Å². The van der Waals surface area contributed by atoms with Gasteiger partial charge in [-0.25, -0.2) is 13.8 Å². The van der Waals surface area contributed by atoms with Gasteiger partial charge in [-0.05, 0) is 37.3 Å². The third-order valence-electron chi connectivity index (χ3n) is 3.59. The van der Waals surface area contributed by atoms with Crippen molar-refractivity contribution in [1.29, 1.82) is 5.26 Å². The Labute approximate surface area is 135 Å². The zero-order valence-electron chi connectivity index (χ0n) is 12.6. The van der Waals surface area contributed by atoms with Crippen molar-refractivity contribution in [2.24, 2.45) is 5.73 Å². The number of hydrogen-bond donors (Lipinski definition) is 1. The molecule has 0 fully saturated rings. The Balaban J connectivity index is 2.49. The molecule has 0 aliphatic rings. The summed E-state index contributed by atoms with van der Waals surface area (Å²) in [6.45, 7) is 1.58. The maximum Gasteiger partial charge on any atom is 0.269 e. The fraction of sp³-hybridized carbons (Fsp3) is 0.118. The first-order chi connectivity index (χ1) is 11.4. The summed E-state index contributed by atoms with van der Waals surface area (Å²) in [6, 6.07) is 9.21. The molecule has 0 aliphatic heterocycles. The number of aromatic nitrogens is 2. The monoisotopic (exact) mass is 326 g/mol. The van der Waals surface area contributed by atoms with Crippen LogP contribution in [-0.4, -0.2) is 9.55 Å². The molecule has 0 aliphatic carbocycles. The fourth-order valence-corrected chi connectivity index (χ4v) is 2.50. The van der Waals surface area contributed by atoms with Crippen LogP contribution in [0.2, 0.25) is 0 Å². The third-order valence-corrected chi connectivity index (χ3v) is 3.59. The second-order valence-corrected chi connectivity index (χ2v) is 5.31. The Morgan fingerprint density at radius 2 is 1.96 bits per heavy atom. The summed E-state index contributed by atoms with van der Waals surface area (Å²) < 4.78 is 29.2. The van der Waals surface area contributed by atoms with E-state index < -0.39 is 28.6 Å². The summed E-state index contributed by atoms with van der Waals surface area (Å²) in [5.74, 6) is -1.60. The highest BCUT2D eigenvalue weighted by atomic mass is 19.1. The number of fused-ring (bicyclic) bond motifs is 1. The summed E-state index contributed by atoms with van der Waals surface area (Å²) in [5, 5.41) is 8.57. The molecule has 1 heterocycles. The Kier molecular flexibility index (Phi) is 3.83. The first kappa shape index (κ1) is 15.8. The number of nitrogens with zero attached hydrogens (tertiary/aromatic N) is 3. The van der Waals surface area contributed by atoms with Crippen LogP contribution in [-0.2, 0) is 0 Å².